The number of nitrogens with one attached hydrogen (secondary N) is 1. The molecule has 2 heterocycles. The standard InChI is InChI=1S/C14H8N2O3/c1-6-15-10-5-9-11-7(12(10)16-6)3-2-4-8(11)13(17)19-14(9)18/h2-5H,1H3,(H,15,16). The van der Waals surface area contributed by atoms with E-state index in [1.807, 2.05) is 13.0 Å². The van der Waals surface area contributed by atoms with Gasteiger partial charge in [-0.1, -0.05) is 12.1 Å². The molecule has 0 radical (unpaired) electrons. The van der Waals surface area contributed by atoms with Crippen LogP contribution in [0.2, 0.25) is 0 Å². The number of aromatic amines is 1. The lowest BCUT2D eigenvalue weighted by molar-refractivity contribution is 0.0391. The number of rotatable bonds is 0. The summed E-state index contributed by atoms with van der Waals surface area (Å²) in [5, 5.41) is 1.45. The van der Waals surface area contributed by atoms with Crippen molar-refractivity contribution in [3.05, 3.63) is 41.2 Å². The first-order chi connectivity index (χ1) is 9.15. The molecule has 1 aromatic heterocycles. The molecule has 19 heavy (non-hydrogen) atoms. The Hall–Kier alpha value is -2.69. The smallest absolute Gasteiger partial charge is 0.346 e. The number of H-pyrrole nitrogens is 1. The van der Waals surface area contributed by atoms with E-state index in [1.165, 1.54) is 0 Å². The lowest BCUT2D eigenvalue weighted by Crippen LogP contribution is -2.19. The number of aromatic nitrogens is 2. The van der Waals surface area contributed by atoms with Crippen LogP contribution in [0.3, 0.4) is 0 Å². The second kappa shape index (κ2) is 3.20. The predicted molar refractivity (Wildman–Crippen MR) is 68.1 cm³/mol. The first kappa shape index (κ1) is 10.3. The van der Waals surface area contributed by atoms with E-state index in [0.717, 1.165) is 16.7 Å². The number of aryl methyl sites for hydroxylation is 1. The van der Waals surface area contributed by atoms with E-state index in [1.54, 1.807) is 18.2 Å². The average Bonchev–Trinajstić information content (AvgIpc) is 2.76. The summed E-state index contributed by atoms with van der Waals surface area (Å²) in [5.74, 6) is -0.451. The molecular weight excluding hydrogens is 244 g/mol. The lowest BCUT2D eigenvalue weighted by Gasteiger charge is -2.15. The van der Waals surface area contributed by atoms with Gasteiger partial charge in [-0.25, -0.2) is 14.6 Å². The third kappa shape index (κ3) is 1.21. The molecule has 1 aliphatic rings. The molecule has 0 amide bonds. The highest BCUT2D eigenvalue weighted by Gasteiger charge is 2.28. The largest absolute Gasteiger partial charge is 0.386 e. The summed E-state index contributed by atoms with van der Waals surface area (Å²) in [6.45, 7) is 1.85. The van der Waals surface area contributed by atoms with E-state index < -0.39 is 11.9 Å². The number of esters is 2. The Morgan fingerprint density at radius 2 is 1.95 bits per heavy atom. The second-order valence-corrected chi connectivity index (χ2v) is 4.55. The Labute approximate surface area is 107 Å². The highest BCUT2D eigenvalue weighted by Crippen LogP contribution is 2.33. The maximum Gasteiger partial charge on any atom is 0.346 e. The number of carbonyl (C=O) groups is 2. The van der Waals surface area contributed by atoms with Crippen LogP contribution in [0.15, 0.2) is 24.3 Å². The van der Waals surface area contributed by atoms with Crippen LogP contribution in [0.4, 0.5) is 0 Å². The van der Waals surface area contributed by atoms with Crippen molar-refractivity contribution >= 4 is 33.7 Å². The van der Waals surface area contributed by atoms with Crippen molar-refractivity contribution in [3.63, 3.8) is 0 Å². The van der Waals surface area contributed by atoms with E-state index in [2.05, 4.69) is 9.97 Å². The molecular formula is C14H8N2O3. The normalized spacial score (nSPS) is 14.2. The number of hydrogen-bond donors (Lipinski definition) is 1. The number of nitrogens with zero attached hydrogens (tertiary/aromatic N) is 1. The molecule has 1 aliphatic heterocycles. The van der Waals surface area contributed by atoms with Crippen LogP contribution in [0.25, 0.3) is 21.8 Å². The highest BCUT2D eigenvalue weighted by atomic mass is 16.6. The molecule has 0 atom stereocenters. The minimum Gasteiger partial charge on any atom is -0.386 e. The quantitative estimate of drug-likeness (QED) is 0.492. The van der Waals surface area contributed by atoms with E-state index in [-0.39, 0.29) is 0 Å². The molecule has 92 valence electrons. The third-order valence-electron chi connectivity index (χ3n) is 3.36. The zero-order chi connectivity index (χ0) is 13.1. The first-order valence-corrected chi connectivity index (χ1v) is 5.84. The van der Waals surface area contributed by atoms with Crippen molar-refractivity contribution in [1.82, 2.24) is 9.97 Å². The van der Waals surface area contributed by atoms with Crippen LogP contribution >= 0.6 is 0 Å². The van der Waals surface area contributed by atoms with Crippen LogP contribution in [-0.2, 0) is 4.74 Å². The molecule has 0 aliphatic carbocycles. The summed E-state index contributed by atoms with van der Waals surface area (Å²) in [7, 11) is 0. The molecule has 0 spiro atoms. The van der Waals surface area contributed by atoms with Gasteiger partial charge in [0.25, 0.3) is 0 Å². The van der Waals surface area contributed by atoms with Gasteiger partial charge in [0.05, 0.1) is 22.2 Å². The van der Waals surface area contributed by atoms with Crippen LogP contribution in [0.5, 0.6) is 0 Å². The fourth-order valence-electron chi connectivity index (χ4n) is 2.60. The minimum atomic E-state index is -0.615. The van der Waals surface area contributed by atoms with Gasteiger partial charge in [-0.05, 0) is 19.1 Å². The van der Waals surface area contributed by atoms with Gasteiger partial charge in [-0.15, -0.1) is 0 Å². The third-order valence-corrected chi connectivity index (χ3v) is 3.36. The molecule has 5 heteroatoms. The van der Waals surface area contributed by atoms with Crippen molar-refractivity contribution in [1.29, 1.82) is 0 Å². The van der Waals surface area contributed by atoms with Gasteiger partial charge < -0.3 is 9.72 Å². The number of hydrogen-bond acceptors (Lipinski definition) is 4. The number of ether oxygens (including phenoxy) is 1. The number of cyclic esters (lactones) is 2. The van der Waals surface area contributed by atoms with Gasteiger partial charge in [0, 0.05) is 10.8 Å². The summed E-state index contributed by atoms with van der Waals surface area (Å²) in [6, 6.07) is 6.97. The van der Waals surface area contributed by atoms with Crippen LogP contribution in [0.1, 0.15) is 26.5 Å². The Morgan fingerprint density at radius 1 is 1.16 bits per heavy atom. The zero-order valence-corrected chi connectivity index (χ0v) is 9.98. The van der Waals surface area contributed by atoms with Gasteiger partial charge >= 0.3 is 11.9 Å². The van der Waals surface area contributed by atoms with E-state index in [0.29, 0.717) is 22.0 Å². The SMILES string of the molecule is Cc1nc2cc3c4c(cccc4c2[nH]1)C(=O)OC3=O. The average molecular weight is 252 g/mol. The number of imidazole rings is 1. The van der Waals surface area contributed by atoms with E-state index in [4.69, 9.17) is 4.74 Å². The Bertz CT molecular complexity index is 892. The van der Waals surface area contributed by atoms with E-state index in [9.17, 15) is 9.59 Å². The van der Waals surface area contributed by atoms with Crippen molar-refractivity contribution in [3.8, 4) is 0 Å². The van der Waals surface area contributed by atoms with Crippen LogP contribution in [0, 0.1) is 6.92 Å². The van der Waals surface area contributed by atoms with Crippen molar-refractivity contribution in [2.75, 3.05) is 0 Å². The van der Waals surface area contributed by atoms with Crippen molar-refractivity contribution in [2.45, 2.75) is 6.92 Å². The number of benzene rings is 2. The van der Waals surface area contributed by atoms with Crippen LogP contribution < -0.4 is 0 Å². The molecule has 2 aromatic carbocycles. The summed E-state index contributed by atoms with van der Waals surface area (Å²) in [6.07, 6.45) is 0. The minimum absolute atomic E-state index is 0.393. The maximum absolute atomic E-state index is 11.9. The number of carbonyl (C=O) groups excluding carboxylic acids is 2. The summed E-state index contributed by atoms with van der Waals surface area (Å²) in [4.78, 5) is 31.1. The van der Waals surface area contributed by atoms with Crippen molar-refractivity contribution in [2.24, 2.45) is 0 Å². The second-order valence-electron chi connectivity index (χ2n) is 4.55. The van der Waals surface area contributed by atoms with Gasteiger partial charge in [0.15, 0.2) is 0 Å². The fourth-order valence-corrected chi connectivity index (χ4v) is 2.60. The first-order valence-electron chi connectivity index (χ1n) is 5.84. The molecule has 0 saturated carbocycles. The maximum atomic E-state index is 11.9. The molecule has 1 N–H and O–H groups in total. The molecule has 4 rings (SSSR count). The molecule has 3 aromatic rings. The zero-order valence-electron chi connectivity index (χ0n) is 9.98. The predicted octanol–water partition coefficient (Wildman–Crippen LogP) is 2.34. The fraction of sp³-hybridized carbons (Fsp3) is 0.0714. The Morgan fingerprint density at radius 3 is 2.79 bits per heavy atom. The van der Waals surface area contributed by atoms with E-state index >= 15 is 0 Å². The van der Waals surface area contributed by atoms with Gasteiger partial charge in [-0.2, -0.15) is 0 Å². The van der Waals surface area contributed by atoms with Gasteiger partial charge in [0.2, 0.25) is 0 Å². The molecule has 0 bridgehead atoms. The number of fused-ring (bicyclic) bond motifs is 2. The summed E-state index contributed by atoms with van der Waals surface area (Å²) >= 11 is 0. The summed E-state index contributed by atoms with van der Waals surface area (Å²) in [5.41, 5.74) is 2.34. The van der Waals surface area contributed by atoms with Gasteiger partial charge in [0.1, 0.15) is 5.82 Å². The monoisotopic (exact) mass is 252 g/mol. The Balaban J connectivity index is 2.33. The van der Waals surface area contributed by atoms with Crippen molar-refractivity contribution < 1.29 is 14.3 Å². The topological polar surface area (TPSA) is 72.1 Å². The lowest BCUT2D eigenvalue weighted by atomic mass is 9.96. The molecule has 0 fully saturated rings. The molecule has 0 unspecified atom stereocenters. The molecule has 0 saturated heterocycles. The van der Waals surface area contributed by atoms with Gasteiger partial charge in [-0.3, -0.25) is 0 Å². The summed E-state index contributed by atoms with van der Waals surface area (Å²) < 4.78 is 4.74. The highest BCUT2D eigenvalue weighted by molar-refractivity contribution is 6.25. The Kier molecular flexibility index (Phi) is 1.73. The van der Waals surface area contributed by atoms with Crippen LogP contribution in [-0.4, -0.2) is 21.9 Å². The molecule has 5 nitrogen and oxygen atoms in total.